The maximum absolute atomic E-state index is 11.9. The first-order valence-corrected chi connectivity index (χ1v) is 8.56. The predicted octanol–water partition coefficient (Wildman–Crippen LogP) is 1.39. The highest BCUT2D eigenvalue weighted by molar-refractivity contribution is 7.99. The zero-order chi connectivity index (χ0) is 15.2. The van der Waals surface area contributed by atoms with Crippen molar-refractivity contribution in [3.05, 3.63) is 0 Å². The Kier molecular flexibility index (Phi) is 5.95. The van der Waals surface area contributed by atoms with Crippen LogP contribution in [0.15, 0.2) is 5.16 Å². The van der Waals surface area contributed by atoms with Gasteiger partial charge in [-0.1, -0.05) is 18.7 Å². The molecule has 1 aliphatic rings. The van der Waals surface area contributed by atoms with Crippen molar-refractivity contribution in [1.82, 2.24) is 14.3 Å². The zero-order valence-corrected chi connectivity index (χ0v) is 13.4. The molecule has 1 unspecified atom stereocenters. The number of hydrogen-bond acceptors (Lipinski definition) is 7. The van der Waals surface area contributed by atoms with Crippen LogP contribution < -0.4 is 5.32 Å². The number of rotatable bonds is 7. The fourth-order valence-corrected chi connectivity index (χ4v) is 3.47. The van der Waals surface area contributed by atoms with E-state index < -0.39 is 5.97 Å². The van der Waals surface area contributed by atoms with Gasteiger partial charge in [-0.05, 0) is 19.4 Å². The lowest BCUT2D eigenvalue weighted by molar-refractivity contribution is -0.141. The number of thioether (sulfide) groups is 1. The summed E-state index contributed by atoms with van der Waals surface area (Å²) in [6.45, 7) is 3.35. The number of likely N-dealkylation sites (tertiary alicyclic amines) is 1. The summed E-state index contributed by atoms with van der Waals surface area (Å²) in [5, 5.41) is 12.8. The molecule has 1 saturated heterocycles. The number of carboxylic acid groups (broad SMARTS) is 1. The molecular formula is C12H18N4O3S2. The number of hydrogen-bond donors (Lipinski definition) is 2. The summed E-state index contributed by atoms with van der Waals surface area (Å²) in [7, 11) is 0. The molecule has 0 aliphatic carbocycles. The van der Waals surface area contributed by atoms with Gasteiger partial charge in [0.1, 0.15) is 0 Å². The number of carbonyl (C=O) groups excluding carboxylic acids is 1. The third kappa shape index (κ3) is 4.94. The molecule has 1 aromatic heterocycles. The maximum atomic E-state index is 11.9. The molecule has 0 saturated carbocycles. The first kappa shape index (κ1) is 16.2. The number of carbonyl (C=O) groups is 2. The molecule has 21 heavy (non-hydrogen) atoms. The van der Waals surface area contributed by atoms with E-state index in [4.69, 9.17) is 5.11 Å². The van der Waals surface area contributed by atoms with Crippen molar-refractivity contribution in [1.29, 1.82) is 0 Å². The standard InChI is InChI=1S/C12H18N4O3S2/c1-2-5-20-12-14-11(21-15-12)13-9(17)7-16-4-3-8(6-16)10(18)19/h8H,2-7H2,1H3,(H,18,19)(H,13,14,15,17). The molecule has 0 radical (unpaired) electrons. The molecule has 2 heterocycles. The molecule has 1 aromatic rings. The number of aliphatic carboxylic acids is 1. The molecule has 0 aromatic carbocycles. The minimum atomic E-state index is -0.792. The lowest BCUT2D eigenvalue weighted by Crippen LogP contribution is -2.32. The number of nitrogens with one attached hydrogen (secondary N) is 1. The minimum absolute atomic E-state index is 0.177. The average Bonchev–Trinajstić information content (AvgIpc) is 3.06. The molecule has 2 rings (SSSR count). The monoisotopic (exact) mass is 330 g/mol. The van der Waals surface area contributed by atoms with Gasteiger partial charge in [0, 0.05) is 23.8 Å². The quantitative estimate of drug-likeness (QED) is 0.729. The van der Waals surface area contributed by atoms with Gasteiger partial charge in [0.15, 0.2) is 0 Å². The van der Waals surface area contributed by atoms with Gasteiger partial charge in [-0.3, -0.25) is 19.8 Å². The van der Waals surface area contributed by atoms with E-state index >= 15 is 0 Å². The lowest BCUT2D eigenvalue weighted by atomic mass is 10.1. The second-order valence-electron chi connectivity index (χ2n) is 4.84. The second-order valence-corrected chi connectivity index (χ2v) is 6.65. The maximum Gasteiger partial charge on any atom is 0.307 e. The van der Waals surface area contributed by atoms with Crippen LogP contribution in [-0.4, -0.2) is 56.6 Å². The Morgan fingerprint density at radius 3 is 3.05 bits per heavy atom. The Hall–Kier alpha value is -1.19. The highest BCUT2D eigenvalue weighted by Gasteiger charge is 2.29. The highest BCUT2D eigenvalue weighted by Crippen LogP contribution is 2.21. The summed E-state index contributed by atoms with van der Waals surface area (Å²) in [5.74, 6) is -0.380. The molecule has 1 fully saturated rings. The third-order valence-corrected chi connectivity index (χ3v) is 4.88. The molecule has 1 atom stereocenters. The van der Waals surface area contributed by atoms with Crippen molar-refractivity contribution in [2.75, 3.05) is 30.7 Å². The number of anilines is 1. The van der Waals surface area contributed by atoms with Gasteiger partial charge in [-0.2, -0.15) is 9.36 Å². The van der Waals surface area contributed by atoms with E-state index in [9.17, 15) is 9.59 Å². The summed E-state index contributed by atoms with van der Waals surface area (Å²) in [5.41, 5.74) is 0. The molecule has 7 nitrogen and oxygen atoms in total. The Morgan fingerprint density at radius 1 is 1.57 bits per heavy atom. The molecule has 116 valence electrons. The number of carboxylic acids is 1. The number of nitrogens with zero attached hydrogens (tertiary/aromatic N) is 3. The van der Waals surface area contributed by atoms with E-state index in [2.05, 4.69) is 21.6 Å². The van der Waals surface area contributed by atoms with Gasteiger partial charge in [0.2, 0.25) is 16.2 Å². The predicted molar refractivity (Wildman–Crippen MR) is 81.7 cm³/mol. The average molecular weight is 330 g/mol. The van der Waals surface area contributed by atoms with Crippen molar-refractivity contribution in [3.8, 4) is 0 Å². The van der Waals surface area contributed by atoms with E-state index in [0.29, 0.717) is 29.8 Å². The van der Waals surface area contributed by atoms with Crippen molar-refractivity contribution in [2.24, 2.45) is 5.92 Å². The summed E-state index contributed by atoms with van der Waals surface area (Å²) < 4.78 is 4.16. The van der Waals surface area contributed by atoms with Crippen molar-refractivity contribution in [3.63, 3.8) is 0 Å². The van der Waals surface area contributed by atoms with E-state index in [0.717, 1.165) is 12.2 Å². The summed E-state index contributed by atoms with van der Waals surface area (Å²) in [4.78, 5) is 28.8. The van der Waals surface area contributed by atoms with Gasteiger partial charge in [-0.25, -0.2) is 0 Å². The smallest absolute Gasteiger partial charge is 0.307 e. The van der Waals surface area contributed by atoms with E-state index in [1.54, 1.807) is 11.8 Å². The van der Waals surface area contributed by atoms with Crippen LogP contribution in [0.5, 0.6) is 0 Å². The number of aromatic nitrogens is 2. The third-order valence-electron chi connectivity index (χ3n) is 3.08. The van der Waals surface area contributed by atoms with Crippen LogP contribution >= 0.6 is 23.3 Å². The minimum Gasteiger partial charge on any atom is -0.481 e. The lowest BCUT2D eigenvalue weighted by Gasteiger charge is -2.13. The Labute approximate surface area is 131 Å². The van der Waals surface area contributed by atoms with Gasteiger partial charge >= 0.3 is 5.97 Å². The van der Waals surface area contributed by atoms with Crippen LogP contribution in [0.4, 0.5) is 5.13 Å². The second kappa shape index (κ2) is 7.71. The van der Waals surface area contributed by atoms with Crippen LogP contribution in [0.1, 0.15) is 19.8 Å². The SMILES string of the molecule is CCCSc1nsc(NC(=O)CN2CCC(C(=O)O)C2)n1. The topological polar surface area (TPSA) is 95.4 Å². The van der Waals surface area contributed by atoms with Gasteiger partial charge < -0.3 is 5.11 Å². The molecule has 0 bridgehead atoms. The molecular weight excluding hydrogens is 312 g/mol. The Bertz CT molecular complexity index is 508. The van der Waals surface area contributed by atoms with Crippen molar-refractivity contribution in [2.45, 2.75) is 24.9 Å². The van der Waals surface area contributed by atoms with Crippen LogP contribution in [0, 0.1) is 5.92 Å². The Morgan fingerprint density at radius 2 is 2.38 bits per heavy atom. The summed E-state index contributed by atoms with van der Waals surface area (Å²) in [6.07, 6.45) is 1.64. The van der Waals surface area contributed by atoms with Crippen LogP contribution in [0.2, 0.25) is 0 Å². The first-order chi connectivity index (χ1) is 10.1. The van der Waals surface area contributed by atoms with Gasteiger partial charge in [-0.15, -0.1) is 0 Å². The Balaban J connectivity index is 1.77. The molecule has 0 spiro atoms. The van der Waals surface area contributed by atoms with E-state index in [1.807, 2.05) is 4.90 Å². The van der Waals surface area contributed by atoms with E-state index in [-0.39, 0.29) is 18.4 Å². The van der Waals surface area contributed by atoms with Crippen LogP contribution in [-0.2, 0) is 9.59 Å². The fraction of sp³-hybridized carbons (Fsp3) is 0.667. The van der Waals surface area contributed by atoms with Crippen molar-refractivity contribution >= 4 is 40.3 Å². The van der Waals surface area contributed by atoms with Crippen LogP contribution in [0.25, 0.3) is 0 Å². The molecule has 9 heteroatoms. The molecule has 1 amide bonds. The largest absolute Gasteiger partial charge is 0.481 e. The highest BCUT2D eigenvalue weighted by atomic mass is 32.2. The van der Waals surface area contributed by atoms with Crippen molar-refractivity contribution < 1.29 is 14.7 Å². The summed E-state index contributed by atoms with van der Waals surface area (Å²) in [6, 6.07) is 0. The van der Waals surface area contributed by atoms with Gasteiger partial charge in [0.05, 0.1) is 12.5 Å². The zero-order valence-electron chi connectivity index (χ0n) is 11.7. The van der Waals surface area contributed by atoms with Gasteiger partial charge in [0.25, 0.3) is 0 Å². The summed E-state index contributed by atoms with van der Waals surface area (Å²) >= 11 is 2.73. The van der Waals surface area contributed by atoms with Crippen LogP contribution in [0.3, 0.4) is 0 Å². The normalized spacial score (nSPS) is 18.8. The number of amides is 1. The van der Waals surface area contributed by atoms with E-state index in [1.165, 1.54) is 11.5 Å². The molecule has 2 N–H and O–H groups in total. The first-order valence-electron chi connectivity index (χ1n) is 6.80. The fourth-order valence-electron chi connectivity index (χ4n) is 2.05. The molecule has 1 aliphatic heterocycles.